The van der Waals surface area contributed by atoms with Crippen LogP contribution in [0.5, 0.6) is 0 Å². The normalized spacial score (nSPS) is 11.2. The third-order valence-corrected chi connectivity index (χ3v) is 5.43. The summed E-state index contributed by atoms with van der Waals surface area (Å²) in [6.07, 6.45) is 17.4. The number of sulfone groups is 1. The lowest BCUT2D eigenvalue weighted by atomic mass is 10.1. The van der Waals surface area contributed by atoms with Crippen LogP contribution in [0.1, 0.15) is 110 Å². The second-order valence-corrected chi connectivity index (χ2v) is 8.43. The van der Waals surface area contributed by atoms with E-state index in [1.54, 1.807) is 0 Å². The first kappa shape index (κ1) is 22.5. The van der Waals surface area contributed by atoms with Gasteiger partial charge in [-0.2, -0.15) is 0 Å². The van der Waals surface area contributed by atoms with Crippen LogP contribution < -0.4 is 0 Å². The first-order chi connectivity index (χ1) is 11.1. The highest BCUT2D eigenvalue weighted by Gasteiger charge is 2.05. The summed E-state index contributed by atoms with van der Waals surface area (Å²) >= 11 is 0. The summed E-state index contributed by atoms with van der Waals surface area (Å²) in [6, 6.07) is 0. The first-order valence-corrected chi connectivity index (χ1v) is 11.5. The van der Waals surface area contributed by atoms with Gasteiger partial charge in [-0.05, 0) is 12.8 Å². The van der Waals surface area contributed by atoms with E-state index in [0.717, 1.165) is 32.1 Å². The van der Waals surface area contributed by atoms with Gasteiger partial charge < -0.3 is 0 Å². The van der Waals surface area contributed by atoms with Gasteiger partial charge in [0.05, 0.1) is 5.75 Å². The van der Waals surface area contributed by atoms with Crippen molar-refractivity contribution >= 4 is 9.84 Å². The lowest BCUT2D eigenvalue weighted by Crippen LogP contribution is -2.02. The van der Waals surface area contributed by atoms with Gasteiger partial charge in [-0.25, -0.2) is 8.42 Å². The highest BCUT2D eigenvalue weighted by atomic mass is 32.2. The molecule has 0 aliphatic carbocycles. The van der Waals surface area contributed by atoms with Gasteiger partial charge in [0, 0.05) is 11.7 Å². The van der Waals surface area contributed by atoms with E-state index in [9.17, 15) is 8.42 Å². The predicted octanol–water partition coefficient (Wildman–Crippen LogP) is 6.25. The largest absolute Gasteiger partial charge is 0.216 e. The standard InChI is InChI=1S/C20H38O2S/c1-3-5-7-9-11-13-15-17-19-23(21,22)20-18-16-14-12-10-8-6-4-2/h3-17,19H2,1-2H3. The molecule has 0 atom stereocenters. The topological polar surface area (TPSA) is 34.1 Å². The number of unbranched alkanes of at least 4 members (excludes halogenated alkanes) is 13. The Labute approximate surface area is 145 Å². The van der Waals surface area contributed by atoms with Crippen LogP contribution >= 0.6 is 0 Å². The summed E-state index contributed by atoms with van der Waals surface area (Å²) in [6.45, 7) is 4.43. The zero-order valence-corrected chi connectivity index (χ0v) is 16.4. The van der Waals surface area contributed by atoms with Crippen LogP contribution in [0.2, 0.25) is 0 Å². The summed E-state index contributed by atoms with van der Waals surface area (Å²) in [4.78, 5) is 0. The van der Waals surface area contributed by atoms with E-state index >= 15 is 0 Å². The average Bonchev–Trinajstić information content (AvgIpc) is 2.52. The van der Waals surface area contributed by atoms with Crippen LogP contribution in [-0.2, 0) is 9.84 Å². The summed E-state index contributed by atoms with van der Waals surface area (Å²) in [5, 5.41) is 2.50. The van der Waals surface area contributed by atoms with E-state index < -0.39 is 9.84 Å². The summed E-state index contributed by atoms with van der Waals surface area (Å²) < 4.78 is 23.6. The van der Waals surface area contributed by atoms with Gasteiger partial charge in [-0.1, -0.05) is 96.8 Å². The Morgan fingerprint density at radius 1 is 0.609 bits per heavy atom. The van der Waals surface area contributed by atoms with Crippen molar-refractivity contribution in [1.82, 2.24) is 0 Å². The molecule has 0 rings (SSSR count). The number of rotatable bonds is 15. The molecule has 0 saturated carbocycles. The van der Waals surface area contributed by atoms with E-state index in [1.165, 1.54) is 64.2 Å². The zero-order chi connectivity index (χ0) is 17.2. The zero-order valence-electron chi connectivity index (χ0n) is 15.5. The molecule has 0 N–H and O–H groups in total. The van der Waals surface area contributed by atoms with Crippen molar-refractivity contribution in [2.75, 3.05) is 5.75 Å². The molecule has 0 aromatic carbocycles. The van der Waals surface area contributed by atoms with Crippen molar-refractivity contribution in [2.24, 2.45) is 0 Å². The van der Waals surface area contributed by atoms with Crippen LogP contribution in [0.4, 0.5) is 0 Å². The summed E-state index contributed by atoms with van der Waals surface area (Å²) in [5.74, 6) is 3.10. The highest BCUT2D eigenvalue weighted by Crippen LogP contribution is 2.09. The van der Waals surface area contributed by atoms with E-state index in [2.05, 4.69) is 25.0 Å². The first-order valence-electron chi connectivity index (χ1n) is 9.84. The molecule has 0 aromatic heterocycles. The minimum absolute atomic E-state index is 0.242. The van der Waals surface area contributed by atoms with Crippen molar-refractivity contribution in [3.05, 3.63) is 0 Å². The second kappa shape index (κ2) is 16.4. The maximum atomic E-state index is 11.8. The highest BCUT2D eigenvalue weighted by molar-refractivity contribution is 7.96. The SMILES string of the molecule is CCCCCCCCC#CS(=O)(=O)CCCCCCCCCC. The summed E-state index contributed by atoms with van der Waals surface area (Å²) in [5.41, 5.74) is 0. The maximum Gasteiger partial charge on any atom is 0.216 e. The van der Waals surface area contributed by atoms with Crippen LogP contribution in [0.25, 0.3) is 0 Å². The molecule has 0 fully saturated rings. The van der Waals surface area contributed by atoms with Gasteiger partial charge in [0.2, 0.25) is 9.84 Å². The van der Waals surface area contributed by atoms with E-state index in [0.29, 0.717) is 0 Å². The van der Waals surface area contributed by atoms with Gasteiger partial charge in [-0.3, -0.25) is 0 Å². The smallest absolute Gasteiger partial charge is 0.215 e. The molecule has 0 spiro atoms. The fraction of sp³-hybridized carbons (Fsp3) is 0.900. The molecule has 136 valence electrons. The Morgan fingerprint density at radius 2 is 1.04 bits per heavy atom. The number of hydrogen-bond acceptors (Lipinski definition) is 2. The van der Waals surface area contributed by atoms with Crippen LogP contribution in [0.3, 0.4) is 0 Å². The lowest BCUT2D eigenvalue weighted by Gasteiger charge is -2.00. The molecule has 2 nitrogen and oxygen atoms in total. The van der Waals surface area contributed by atoms with Crippen molar-refractivity contribution in [2.45, 2.75) is 110 Å². The second-order valence-electron chi connectivity index (χ2n) is 6.59. The van der Waals surface area contributed by atoms with E-state index in [4.69, 9.17) is 0 Å². The van der Waals surface area contributed by atoms with Gasteiger partial charge in [0.15, 0.2) is 0 Å². The van der Waals surface area contributed by atoms with E-state index in [1.807, 2.05) is 0 Å². The van der Waals surface area contributed by atoms with Crippen molar-refractivity contribution in [3.8, 4) is 11.2 Å². The molecule has 0 bridgehead atoms. The van der Waals surface area contributed by atoms with Crippen molar-refractivity contribution < 1.29 is 8.42 Å². The molecule has 23 heavy (non-hydrogen) atoms. The Bertz CT molecular complexity index is 401. The van der Waals surface area contributed by atoms with Gasteiger partial charge in [0.1, 0.15) is 0 Å². The maximum absolute atomic E-state index is 11.8. The molecule has 0 unspecified atom stereocenters. The van der Waals surface area contributed by atoms with Crippen molar-refractivity contribution in [1.29, 1.82) is 0 Å². The molecule has 3 heteroatoms. The molecule has 0 aromatic rings. The van der Waals surface area contributed by atoms with Crippen molar-refractivity contribution in [3.63, 3.8) is 0 Å². The molecule has 0 heterocycles. The lowest BCUT2D eigenvalue weighted by molar-refractivity contribution is 0.576. The molecular formula is C20H38O2S. The third-order valence-electron chi connectivity index (χ3n) is 4.15. The summed E-state index contributed by atoms with van der Waals surface area (Å²) in [7, 11) is -3.15. The molecular weight excluding hydrogens is 304 g/mol. The van der Waals surface area contributed by atoms with Crippen LogP contribution in [0, 0.1) is 11.2 Å². The molecule has 0 saturated heterocycles. The third kappa shape index (κ3) is 17.7. The quantitative estimate of drug-likeness (QED) is 0.200. The monoisotopic (exact) mass is 342 g/mol. The van der Waals surface area contributed by atoms with Crippen LogP contribution in [-0.4, -0.2) is 14.2 Å². The molecule has 0 amide bonds. The van der Waals surface area contributed by atoms with Crippen LogP contribution in [0.15, 0.2) is 0 Å². The Hall–Kier alpha value is -0.490. The number of hydrogen-bond donors (Lipinski definition) is 0. The Balaban J connectivity index is 3.56. The molecule has 0 aliphatic rings. The van der Waals surface area contributed by atoms with Gasteiger partial charge in [0.25, 0.3) is 0 Å². The van der Waals surface area contributed by atoms with E-state index in [-0.39, 0.29) is 5.75 Å². The van der Waals surface area contributed by atoms with Gasteiger partial charge >= 0.3 is 0 Å². The Morgan fingerprint density at radius 3 is 1.57 bits per heavy atom. The predicted molar refractivity (Wildman–Crippen MR) is 102 cm³/mol. The fourth-order valence-electron chi connectivity index (χ4n) is 2.63. The fourth-order valence-corrected chi connectivity index (χ4v) is 3.64. The van der Waals surface area contributed by atoms with Gasteiger partial charge in [-0.15, -0.1) is 0 Å². The minimum Gasteiger partial charge on any atom is -0.215 e. The molecule has 0 aliphatic heterocycles. The molecule has 0 radical (unpaired) electrons. The Kier molecular flexibility index (Phi) is 16.0. The average molecular weight is 343 g/mol. The minimum atomic E-state index is -3.15.